The van der Waals surface area contributed by atoms with E-state index in [-0.39, 0.29) is 18.5 Å². The zero-order valence-corrected chi connectivity index (χ0v) is 23.2. The molecule has 1 N–H and O–H groups in total. The Bertz CT molecular complexity index is 1200. The minimum atomic E-state index is -3.77. The predicted molar refractivity (Wildman–Crippen MR) is 145 cm³/mol. The Kier molecular flexibility index (Phi) is 9.66. The molecule has 1 saturated carbocycles. The van der Waals surface area contributed by atoms with Crippen LogP contribution < -0.4 is 9.62 Å². The summed E-state index contributed by atoms with van der Waals surface area (Å²) in [6.45, 7) is 3.14. The van der Waals surface area contributed by atoms with E-state index in [0.29, 0.717) is 21.3 Å². The number of benzene rings is 2. The maximum Gasteiger partial charge on any atom is 0.244 e. The molecule has 0 aromatic heterocycles. The fraction of sp³-hybridized carbons (Fsp3) is 0.462. The number of rotatable bonds is 9. The maximum absolute atomic E-state index is 13.6. The maximum atomic E-state index is 13.6. The molecule has 1 aliphatic rings. The lowest BCUT2D eigenvalue weighted by molar-refractivity contribution is -0.139. The van der Waals surface area contributed by atoms with Crippen molar-refractivity contribution in [2.45, 2.75) is 64.6 Å². The summed E-state index contributed by atoms with van der Waals surface area (Å²) in [4.78, 5) is 28.2. The van der Waals surface area contributed by atoms with Crippen molar-refractivity contribution in [3.05, 3.63) is 63.6 Å². The number of nitrogens with one attached hydrogen (secondary N) is 1. The van der Waals surface area contributed by atoms with E-state index in [1.807, 2.05) is 13.0 Å². The predicted octanol–water partition coefficient (Wildman–Crippen LogP) is 4.93. The highest BCUT2D eigenvalue weighted by atomic mass is 35.5. The van der Waals surface area contributed by atoms with Crippen molar-refractivity contribution in [1.82, 2.24) is 10.2 Å². The van der Waals surface area contributed by atoms with Crippen molar-refractivity contribution < 1.29 is 18.0 Å². The van der Waals surface area contributed by atoms with Gasteiger partial charge < -0.3 is 10.2 Å². The molecule has 1 fully saturated rings. The van der Waals surface area contributed by atoms with E-state index in [9.17, 15) is 18.0 Å². The number of carbonyl (C=O) groups excluding carboxylic acids is 2. The van der Waals surface area contributed by atoms with Crippen molar-refractivity contribution >= 4 is 50.7 Å². The van der Waals surface area contributed by atoms with E-state index in [1.54, 1.807) is 43.3 Å². The Labute approximate surface area is 223 Å². The van der Waals surface area contributed by atoms with Crippen LogP contribution in [0.2, 0.25) is 10.0 Å². The quantitative estimate of drug-likeness (QED) is 0.476. The Morgan fingerprint density at radius 1 is 1.06 bits per heavy atom. The molecule has 0 aliphatic heterocycles. The number of sulfonamides is 1. The summed E-state index contributed by atoms with van der Waals surface area (Å²) in [6.07, 6.45) is 6.16. The van der Waals surface area contributed by atoms with Crippen LogP contribution in [-0.2, 0) is 26.2 Å². The van der Waals surface area contributed by atoms with E-state index in [1.165, 1.54) is 4.90 Å². The van der Waals surface area contributed by atoms with Crippen LogP contribution in [0.1, 0.15) is 50.2 Å². The molecule has 2 aromatic rings. The molecule has 7 nitrogen and oxygen atoms in total. The third-order valence-corrected chi connectivity index (χ3v) is 8.30. The molecule has 36 heavy (non-hydrogen) atoms. The highest BCUT2D eigenvalue weighted by Crippen LogP contribution is 2.25. The van der Waals surface area contributed by atoms with Crippen molar-refractivity contribution in [2.24, 2.45) is 0 Å². The Morgan fingerprint density at radius 2 is 1.75 bits per heavy atom. The highest BCUT2D eigenvalue weighted by molar-refractivity contribution is 7.92. The minimum absolute atomic E-state index is 0.0698. The number of nitrogens with zero attached hydrogens (tertiary/aromatic N) is 2. The van der Waals surface area contributed by atoms with Crippen molar-refractivity contribution in [1.29, 1.82) is 0 Å². The Balaban J connectivity index is 1.89. The van der Waals surface area contributed by atoms with Gasteiger partial charge in [0.1, 0.15) is 12.6 Å². The summed E-state index contributed by atoms with van der Waals surface area (Å²) in [5, 5.41) is 3.78. The average Bonchev–Trinajstić information content (AvgIpc) is 2.82. The van der Waals surface area contributed by atoms with Gasteiger partial charge in [0.25, 0.3) is 0 Å². The third-order valence-electron chi connectivity index (χ3n) is 6.42. The normalized spacial score (nSPS) is 15.2. The van der Waals surface area contributed by atoms with Gasteiger partial charge in [-0.2, -0.15) is 0 Å². The van der Waals surface area contributed by atoms with Crippen LogP contribution in [0, 0.1) is 6.92 Å². The lowest BCUT2D eigenvalue weighted by Crippen LogP contribution is -2.53. The van der Waals surface area contributed by atoms with E-state index in [4.69, 9.17) is 23.2 Å². The molecule has 10 heteroatoms. The van der Waals surface area contributed by atoms with Crippen LogP contribution in [-0.4, -0.2) is 50.0 Å². The highest BCUT2D eigenvalue weighted by Gasteiger charge is 2.31. The monoisotopic (exact) mass is 553 g/mol. The van der Waals surface area contributed by atoms with E-state index < -0.39 is 28.5 Å². The third kappa shape index (κ3) is 7.60. The first-order chi connectivity index (χ1) is 17.0. The van der Waals surface area contributed by atoms with Gasteiger partial charge in [0.15, 0.2) is 0 Å². The molecule has 196 valence electrons. The van der Waals surface area contributed by atoms with Crippen LogP contribution >= 0.6 is 23.2 Å². The zero-order chi connectivity index (χ0) is 26.5. The summed E-state index contributed by atoms with van der Waals surface area (Å²) < 4.78 is 26.4. The second-order valence-corrected chi connectivity index (χ2v) is 12.1. The molecular weight excluding hydrogens is 521 g/mol. The fourth-order valence-electron chi connectivity index (χ4n) is 4.38. The van der Waals surface area contributed by atoms with Gasteiger partial charge in [-0.3, -0.25) is 13.9 Å². The van der Waals surface area contributed by atoms with Crippen molar-refractivity contribution in [2.75, 3.05) is 17.1 Å². The molecule has 2 aromatic carbocycles. The smallest absolute Gasteiger partial charge is 0.244 e. The first-order valence-electron chi connectivity index (χ1n) is 12.0. The van der Waals surface area contributed by atoms with Gasteiger partial charge in [0.2, 0.25) is 21.8 Å². The van der Waals surface area contributed by atoms with Crippen LogP contribution in [0.5, 0.6) is 0 Å². The summed E-state index contributed by atoms with van der Waals surface area (Å²) in [7, 11) is -3.77. The molecular formula is C26H33Cl2N3O4S. The SMILES string of the molecule is Cc1cccc(N(CC(=O)N(Cc2ccc(Cl)c(Cl)c2)[C@@H](C)C(=O)NC2CCCCC2)S(C)(=O)=O)c1. The molecule has 3 rings (SSSR count). The first-order valence-corrected chi connectivity index (χ1v) is 14.6. The molecule has 0 saturated heterocycles. The van der Waals surface area contributed by atoms with Gasteiger partial charge in [0.05, 0.1) is 22.0 Å². The number of hydrogen-bond acceptors (Lipinski definition) is 4. The van der Waals surface area contributed by atoms with Gasteiger partial charge >= 0.3 is 0 Å². The number of aryl methyl sites for hydroxylation is 1. The molecule has 0 radical (unpaired) electrons. The van der Waals surface area contributed by atoms with Crippen LogP contribution in [0.15, 0.2) is 42.5 Å². The molecule has 2 amide bonds. The number of hydrogen-bond donors (Lipinski definition) is 1. The van der Waals surface area contributed by atoms with Gasteiger partial charge in [0, 0.05) is 12.6 Å². The summed E-state index contributed by atoms with van der Waals surface area (Å²) in [5.74, 6) is -0.768. The average molecular weight is 555 g/mol. The number of amides is 2. The van der Waals surface area contributed by atoms with E-state index in [2.05, 4.69) is 5.32 Å². The topological polar surface area (TPSA) is 86.8 Å². The van der Waals surface area contributed by atoms with Crippen LogP contribution in [0.4, 0.5) is 5.69 Å². The second kappa shape index (κ2) is 12.3. The largest absolute Gasteiger partial charge is 0.352 e. The molecule has 1 aliphatic carbocycles. The Hall–Kier alpha value is -2.29. The Morgan fingerprint density at radius 3 is 2.36 bits per heavy atom. The molecule has 1 atom stereocenters. The van der Waals surface area contributed by atoms with Gasteiger partial charge in [-0.25, -0.2) is 8.42 Å². The van der Waals surface area contributed by atoms with Crippen molar-refractivity contribution in [3.8, 4) is 0 Å². The lowest BCUT2D eigenvalue weighted by Gasteiger charge is -2.33. The van der Waals surface area contributed by atoms with Gasteiger partial charge in [-0.15, -0.1) is 0 Å². The molecule has 0 spiro atoms. The molecule has 0 bridgehead atoms. The van der Waals surface area contributed by atoms with Crippen molar-refractivity contribution in [3.63, 3.8) is 0 Å². The standard InChI is InChI=1S/C26H33Cl2N3O4S/c1-18-8-7-11-22(14-18)31(36(3,34)35)17-25(32)30(16-20-12-13-23(27)24(28)15-20)19(2)26(33)29-21-9-5-4-6-10-21/h7-8,11-15,19,21H,4-6,9-10,16-17H2,1-3H3,(H,29,33)/t19-/m0/s1. The fourth-order valence-corrected chi connectivity index (χ4v) is 5.54. The molecule has 0 unspecified atom stereocenters. The first kappa shape index (κ1) is 28.3. The van der Waals surface area contributed by atoms with Gasteiger partial charge in [-0.05, 0) is 62.1 Å². The summed E-state index contributed by atoms with van der Waals surface area (Å²) >= 11 is 12.2. The number of halogens is 2. The number of anilines is 1. The molecule has 0 heterocycles. The van der Waals surface area contributed by atoms with Gasteiger partial charge in [-0.1, -0.05) is 60.7 Å². The summed E-state index contributed by atoms with van der Waals surface area (Å²) in [5.41, 5.74) is 1.93. The van der Waals surface area contributed by atoms with Crippen LogP contribution in [0.3, 0.4) is 0 Å². The number of carbonyl (C=O) groups is 2. The zero-order valence-electron chi connectivity index (χ0n) is 20.8. The summed E-state index contributed by atoms with van der Waals surface area (Å²) in [6, 6.07) is 11.2. The van der Waals surface area contributed by atoms with Crippen LogP contribution in [0.25, 0.3) is 0 Å². The second-order valence-electron chi connectivity index (χ2n) is 9.40. The minimum Gasteiger partial charge on any atom is -0.352 e. The van der Waals surface area contributed by atoms with E-state index in [0.717, 1.165) is 48.2 Å². The van der Waals surface area contributed by atoms with E-state index >= 15 is 0 Å². The lowest BCUT2D eigenvalue weighted by atomic mass is 9.95.